The van der Waals surface area contributed by atoms with Gasteiger partial charge in [0, 0.05) is 37.6 Å². The van der Waals surface area contributed by atoms with Gasteiger partial charge in [0.2, 0.25) is 0 Å². The van der Waals surface area contributed by atoms with Gasteiger partial charge in [0.15, 0.2) is 0 Å². The molecule has 0 aliphatic carbocycles. The van der Waals surface area contributed by atoms with E-state index >= 15 is 0 Å². The Bertz CT molecular complexity index is 318. The topological polar surface area (TPSA) is 39.1 Å². The lowest BCUT2D eigenvalue weighted by Crippen LogP contribution is -2.29. The number of rotatable bonds is 4. The molecule has 0 radical (unpaired) electrons. The molecule has 1 aliphatic rings. The van der Waals surface area contributed by atoms with E-state index in [1.807, 2.05) is 17.9 Å². The minimum absolute atomic E-state index is 0.421. The van der Waals surface area contributed by atoms with Crippen LogP contribution in [0.3, 0.4) is 0 Å². The van der Waals surface area contributed by atoms with Gasteiger partial charge in [-0.1, -0.05) is 0 Å². The first kappa shape index (κ1) is 11.6. The summed E-state index contributed by atoms with van der Waals surface area (Å²) in [6, 6.07) is 0.421. The molecular formula is C12H21N3O. The normalized spacial score (nSPS) is 19.9. The Labute approximate surface area is 97.0 Å². The molecule has 0 saturated carbocycles. The molecule has 16 heavy (non-hydrogen) atoms. The van der Waals surface area contributed by atoms with Gasteiger partial charge in [-0.3, -0.25) is 4.68 Å². The largest absolute Gasteiger partial charge is 0.381 e. The third-order valence-corrected chi connectivity index (χ3v) is 3.38. The number of ether oxygens (including phenoxy) is 1. The van der Waals surface area contributed by atoms with Crippen LogP contribution in [-0.4, -0.2) is 30.0 Å². The first-order valence-corrected chi connectivity index (χ1v) is 6.12. The number of hydrogen-bond acceptors (Lipinski definition) is 3. The lowest BCUT2D eigenvalue weighted by Gasteiger charge is -2.29. The maximum Gasteiger partial charge on any atom is 0.0537 e. The van der Waals surface area contributed by atoms with E-state index in [1.54, 1.807) is 0 Å². The third-order valence-electron chi connectivity index (χ3n) is 3.38. The van der Waals surface area contributed by atoms with Crippen LogP contribution in [0.1, 0.15) is 31.4 Å². The van der Waals surface area contributed by atoms with Crippen molar-refractivity contribution < 1.29 is 4.74 Å². The summed E-state index contributed by atoms with van der Waals surface area (Å²) in [5, 5.41) is 7.76. The van der Waals surface area contributed by atoms with E-state index in [0.29, 0.717) is 12.0 Å². The summed E-state index contributed by atoms with van der Waals surface area (Å²) in [5.74, 6) is 0.674. The van der Waals surface area contributed by atoms with Crippen molar-refractivity contribution in [3.8, 4) is 0 Å². The van der Waals surface area contributed by atoms with Crippen molar-refractivity contribution >= 4 is 0 Å². The first-order valence-electron chi connectivity index (χ1n) is 6.12. The van der Waals surface area contributed by atoms with Gasteiger partial charge in [0.05, 0.1) is 6.20 Å². The Morgan fingerprint density at radius 2 is 2.31 bits per heavy atom. The second-order valence-electron chi connectivity index (χ2n) is 4.35. The summed E-state index contributed by atoms with van der Waals surface area (Å²) < 4.78 is 7.39. The first-order chi connectivity index (χ1) is 7.85. The summed E-state index contributed by atoms with van der Waals surface area (Å²) in [6.07, 6.45) is 6.42. The fourth-order valence-electron chi connectivity index (χ4n) is 2.44. The van der Waals surface area contributed by atoms with Crippen molar-refractivity contribution in [3.05, 3.63) is 18.0 Å². The molecule has 1 aliphatic heterocycles. The molecule has 0 spiro atoms. The summed E-state index contributed by atoms with van der Waals surface area (Å²) in [5.41, 5.74) is 1.30. The molecule has 0 amide bonds. The molecule has 1 fully saturated rings. The molecule has 2 heterocycles. The molecule has 1 saturated heterocycles. The summed E-state index contributed by atoms with van der Waals surface area (Å²) in [7, 11) is 2.03. The van der Waals surface area contributed by atoms with Gasteiger partial charge in [-0.05, 0) is 32.7 Å². The van der Waals surface area contributed by atoms with Crippen LogP contribution in [0.2, 0.25) is 0 Å². The van der Waals surface area contributed by atoms with E-state index in [-0.39, 0.29) is 0 Å². The molecule has 1 atom stereocenters. The summed E-state index contributed by atoms with van der Waals surface area (Å²) in [4.78, 5) is 0. The van der Waals surface area contributed by atoms with Crippen LogP contribution in [0.15, 0.2) is 12.4 Å². The van der Waals surface area contributed by atoms with E-state index in [0.717, 1.165) is 32.6 Å². The smallest absolute Gasteiger partial charge is 0.0537 e. The standard InChI is InChI=1S/C12H21N3O/c1-3-15-9-11(8-14-15)12(13-2)10-4-6-16-7-5-10/h8-10,12-13H,3-7H2,1-2H3. The van der Waals surface area contributed by atoms with Crippen LogP contribution in [0.25, 0.3) is 0 Å². The Kier molecular flexibility index (Phi) is 3.96. The van der Waals surface area contributed by atoms with Gasteiger partial charge in [-0.15, -0.1) is 0 Å². The molecule has 0 bridgehead atoms. The van der Waals surface area contributed by atoms with Crippen molar-refractivity contribution in [2.24, 2.45) is 5.92 Å². The van der Waals surface area contributed by atoms with Crippen LogP contribution in [0.5, 0.6) is 0 Å². The Balaban J connectivity index is 2.08. The van der Waals surface area contributed by atoms with Crippen molar-refractivity contribution in [2.45, 2.75) is 32.4 Å². The highest BCUT2D eigenvalue weighted by Gasteiger charge is 2.24. The van der Waals surface area contributed by atoms with E-state index in [4.69, 9.17) is 4.74 Å². The van der Waals surface area contributed by atoms with Gasteiger partial charge in [0.25, 0.3) is 0 Å². The highest BCUT2D eigenvalue weighted by molar-refractivity contribution is 5.12. The minimum Gasteiger partial charge on any atom is -0.381 e. The molecule has 1 N–H and O–H groups in total. The number of nitrogens with one attached hydrogen (secondary N) is 1. The van der Waals surface area contributed by atoms with Crippen LogP contribution < -0.4 is 5.32 Å². The zero-order valence-corrected chi connectivity index (χ0v) is 10.1. The van der Waals surface area contributed by atoms with E-state index in [9.17, 15) is 0 Å². The Hall–Kier alpha value is -0.870. The second-order valence-corrected chi connectivity index (χ2v) is 4.35. The highest BCUT2D eigenvalue weighted by atomic mass is 16.5. The second kappa shape index (κ2) is 5.46. The van der Waals surface area contributed by atoms with E-state index < -0.39 is 0 Å². The fourth-order valence-corrected chi connectivity index (χ4v) is 2.44. The van der Waals surface area contributed by atoms with Crippen molar-refractivity contribution in [3.63, 3.8) is 0 Å². The van der Waals surface area contributed by atoms with Crippen LogP contribution in [-0.2, 0) is 11.3 Å². The van der Waals surface area contributed by atoms with Crippen molar-refractivity contribution in [1.29, 1.82) is 0 Å². The monoisotopic (exact) mass is 223 g/mol. The number of hydrogen-bond donors (Lipinski definition) is 1. The van der Waals surface area contributed by atoms with Crippen LogP contribution >= 0.6 is 0 Å². The van der Waals surface area contributed by atoms with Gasteiger partial charge >= 0.3 is 0 Å². The molecule has 1 aromatic heterocycles. The van der Waals surface area contributed by atoms with E-state index in [1.165, 1.54) is 5.56 Å². The highest BCUT2D eigenvalue weighted by Crippen LogP contribution is 2.29. The maximum absolute atomic E-state index is 5.41. The lowest BCUT2D eigenvalue weighted by atomic mass is 9.88. The molecule has 1 aromatic rings. The molecule has 4 heteroatoms. The lowest BCUT2D eigenvalue weighted by molar-refractivity contribution is 0.0546. The van der Waals surface area contributed by atoms with Crippen LogP contribution in [0, 0.1) is 5.92 Å². The summed E-state index contributed by atoms with van der Waals surface area (Å²) in [6.45, 7) is 4.83. The predicted molar refractivity (Wildman–Crippen MR) is 63.2 cm³/mol. The SMILES string of the molecule is CCn1cc(C(NC)C2CCOCC2)cn1. The third kappa shape index (κ3) is 2.44. The van der Waals surface area contributed by atoms with Gasteiger partial charge in [-0.2, -0.15) is 5.10 Å². The molecule has 0 aromatic carbocycles. The van der Waals surface area contributed by atoms with Crippen molar-refractivity contribution in [1.82, 2.24) is 15.1 Å². The average molecular weight is 223 g/mol. The number of aryl methyl sites for hydroxylation is 1. The number of aromatic nitrogens is 2. The van der Waals surface area contributed by atoms with E-state index in [2.05, 4.69) is 23.5 Å². The number of nitrogens with zero attached hydrogens (tertiary/aromatic N) is 2. The molecular weight excluding hydrogens is 202 g/mol. The van der Waals surface area contributed by atoms with Gasteiger partial charge in [-0.25, -0.2) is 0 Å². The zero-order valence-electron chi connectivity index (χ0n) is 10.1. The van der Waals surface area contributed by atoms with Crippen LogP contribution in [0.4, 0.5) is 0 Å². The zero-order chi connectivity index (χ0) is 11.4. The van der Waals surface area contributed by atoms with Crippen molar-refractivity contribution in [2.75, 3.05) is 20.3 Å². The Morgan fingerprint density at radius 3 is 2.88 bits per heavy atom. The summed E-state index contributed by atoms with van der Waals surface area (Å²) >= 11 is 0. The average Bonchev–Trinajstić information content (AvgIpc) is 2.80. The molecule has 4 nitrogen and oxygen atoms in total. The predicted octanol–water partition coefficient (Wildman–Crippen LogP) is 1.59. The van der Waals surface area contributed by atoms with Gasteiger partial charge < -0.3 is 10.1 Å². The molecule has 2 rings (SSSR count). The fraction of sp³-hybridized carbons (Fsp3) is 0.750. The quantitative estimate of drug-likeness (QED) is 0.842. The Morgan fingerprint density at radius 1 is 1.56 bits per heavy atom. The van der Waals surface area contributed by atoms with Gasteiger partial charge in [0.1, 0.15) is 0 Å². The molecule has 90 valence electrons. The minimum atomic E-state index is 0.421. The molecule has 1 unspecified atom stereocenters. The maximum atomic E-state index is 5.41.